The Labute approximate surface area is 116 Å². The van der Waals surface area contributed by atoms with E-state index in [4.69, 9.17) is 5.11 Å². The maximum Gasteiger partial charge on any atom is 0.218 e. The van der Waals surface area contributed by atoms with Crippen LogP contribution >= 0.6 is 0 Å². The maximum atomic E-state index is 12.4. The van der Waals surface area contributed by atoms with Gasteiger partial charge in [0.05, 0.1) is 12.4 Å². The van der Waals surface area contributed by atoms with Crippen LogP contribution in [0.5, 0.6) is 0 Å². The fourth-order valence-corrected chi connectivity index (χ4v) is 3.92. The van der Waals surface area contributed by atoms with Gasteiger partial charge in [-0.1, -0.05) is 31.2 Å². The minimum Gasteiger partial charge on any atom is -0.392 e. The summed E-state index contributed by atoms with van der Waals surface area (Å²) in [5.41, 5.74) is 1.45. The van der Waals surface area contributed by atoms with E-state index in [1.54, 1.807) is 28.6 Å². The van der Waals surface area contributed by atoms with E-state index in [1.165, 1.54) is 0 Å². The van der Waals surface area contributed by atoms with Gasteiger partial charge in [-0.25, -0.2) is 8.42 Å². The zero-order valence-electron chi connectivity index (χ0n) is 11.8. The molecule has 0 heterocycles. The normalized spacial score (nSPS) is 12.3. The summed E-state index contributed by atoms with van der Waals surface area (Å²) in [7, 11) is -3.31. The lowest BCUT2D eigenvalue weighted by Gasteiger charge is -2.25. The molecular formula is C14H23NO3S. The summed E-state index contributed by atoms with van der Waals surface area (Å²) in [6, 6.07) is 7.03. The lowest BCUT2D eigenvalue weighted by atomic mass is 10.1. The molecule has 4 nitrogen and oxygen atoms in total. The van der Waals surface area contributed by atoms with E-state index in [-0.39, 0.29) is 18.4 Å². The maximum absolute atomic E-state index is 12.4. The fraction of sp³-hybridized carbons (Fsp3) is 0.571. The first-order chi connectivity index (χ1) is 8.90. The minimum atomic E-state index is -3.31. The molecule has 0 unspecified atom stereocenters. The van der Waals surface area contributed by atoms with Gasteiger partial charge in [-0.15, -0.1) is 0 Å². The first kappa shape index (κ1) is 16.1. The predicted octanol–water partition coefficient (Wildman–Crippen LogP) is 2.13. The molecule has 0 saturated heterocycles. The van der Waals surface area contributed by atoms with E-state index in [2.05, 4.69) is 0 Å². The second kappa shape index (κ2) is 7.03. The van der Waals surface area contributed by atoms with Gasteiger partial charge in [-0.05, 0) is 31.4 Å². The lowest BCUT2D eigenvalue weighted by molar-refractivity contribution is 0.281. The van der Waals surface area contributed by atoms with Crippen molar-refractivity contribution in [2.24, 2.45) is 0 Å². The summed E-state index contributed by atoms with van der Waals surface area (Å²) in [5, 5.41) is 9.08. The van der Waals surface area contributed by atoms with Crippen LogP contribution in [0.25, 0.3) is 0 Å². The monoisotopic (exact) mass is 285 g/mol. The summed E-state index contributed by atoms with van der Waals surface area (Å²) in [6.07, 6.45) is 0.800. The molecule has 1 N–H and O–H groups in total. The van der Waals surface area contributed by atoms with Crippen LogP contribution in [0.4, 0.5) is 0 Å². The summed E-state index contributed by atoms with van der Waals surface area (Å²) in [6.45, 7) is 6.21. The highest BCUT2D eigenvalue weighted by atomic mass is 32.2. The molecular weight excluding hydrogens is 262 g/mol. The van der Waals surface area contributed by atoms with Crippen LogP contribution in [0, 0.1) is 0 Å². The molecule has 0 aliphatic rings. The number of aliphatic hydroxyl groups excluding tert-OH is 1. The predicted molar refractivity (Wildman–Crippen MR) is 77.1 cm³/mol. The molecule has 0 radical (unpaired) electrons. The van der Waals surface area contributed by atoms with Gasteiger partial charge in [-0.3, -0.25) is 0 Å². The standard InChI is InChI=1S/C14H23NO3S/c1-4-8-15(12(2)3)19(17,18)11-14-7-5-6-13(9-14)10-16/h5-7,9,12,16H,4,8,10-11H2,1-3H3. The van der Waals surface area contributed by atoms with Crippen molar-refractivity contribution in [1.29, 1.82) is 0 Å². The molecule has 108 valence electrons. The van der Waals surface area contributed by atoms with E-state index >= 15 is 0 Å². The Morgan fingerprint density at radius 2 is 1.89 bits per heavy atom. The van der Waals surface area contributed by atoms with E-state index in [0.29, 0.717) is 12.1 Å². The Kier molecular flexibility index (Phi) is 5.97. The third-order valence-electron chi connectivity index (χ3n) is 2.90. The van der Waals surface area contributed by atoms with Gasteiger partial charge < -0.3 is 5.11 Å². The summed E-state index contributed by atoms with van der Waals surface area (Å²) in [4.78, 5) is 0. The Balaban J connectivity index is 2.93. The van der Waals surface area contributed by atoms with Crippen molar-refractivity contribution in [1.82, 2.24) is 4.31 Å². The van der Waals surface area contributed by atoms with Crippen LogP contribution in [0.2, 0.25) is 0 Å². The van der Waals surface area contributed by atoms with Crippen molar-refractivity contribution in [2.45, 2.75) is 45.6 Å². The van der Waals surface area contributed by atoms with Crippen LogP contribution in [0.1, 0.15) is 38.3 Å². The van der Waals surface area contributed by atoms with Gasteiger partial charge in [0.25, 0.3) is 0 Å². The number of hydrogen-bond donors (Lipinski definition) is 1. The Hall–Kier alpha value is -0.910. The molecule has 0 atom stereocenters. The first-order valence-corrected chi connectivity index (χ1v) is 8.19. The van der Waals surface area contributed by atoms with Crippen molar-refractivity contribution < 1.29 is 13.5 Å². The second-order valence-corrected chi connectivity index (χ2v) is 6.86. The SMILES string of the molecule is CCCN(C(C)C)S(=O)(=O)Cc1cccc(CO)c1. The third kappa shape index (κ3) is 4.60. The molecule has 0 aromatic heterocycles. The Morgan fingerprint density at radius 1 is 1.26 bits per heavy atom. The summed E-state index contributed by atoms with van der Waals surface area (Å²) < 4.78 is 26.3. The second-order valence-electron chi connectivity index (χ2n) is 4.94. The molecule has 0 saturated carbocycles. The highest BCUT2D eigenvalue weighted by molar-refractivity contribution is 7.88. The largest absolute Gasteiger partial charge is 0.392 e. The van der Waals surface area contributed by atoms with Crippen LogP contribution in [0.3, 0.4) is 0 Å². The number of rotatable bonds is 7. The summed E-state index contributed by atoms with van der Waals surface area (Å²) >= 11 is 0. The molecule has 5 heteroatoms. The topological polar surface area (TPSA) is 57.6 Å². The molecule has 19 heavy (non-hydrogen) atoms. The van der Waals surface area contributed by atoms with Crippen molar-refractivity contribution in [3.8, 4) is 0 Å². The van der Waals surface area contributed by atoms with E-state index < -0.39 is 10.0 Å². The van der Waals surface area contributed by atoms with Gasteiger partial charge in [0.1, 0.15) is 0 Å². The lowest BCUT2D eigenvalue weighted by Crippen LogP contribution is -2.38. The van der Waals surface area contributed by atoms with Crippen LogP contribution in [-0.2, 0) is 22.4 Å². The number of aliphatic hydroxyl groups is 1. The number of hydrogen-bond acceptors (Lipinski definition) is 3. The smallest absolute Gasteiger partial charge is 0.218 e. The van der Waals surface area contributed by atoms with Crippen molar-refractivity contribution in [2.75, 3.05) is 6.54 Å². The fourth-order valence-electron chi connectivity index (χ4n) is 2.05. The van der Waals surface area contributed by atoms with Crippen LogP contribution in [0.15, 0.2) is 24.3 Å². The number of benzene rings is 1. The van der Waals surface area contributed by atoms with Gasteiger partial charge in [0.15, 0.2) is 0 Å². The van der Waals surface area contributed by atoms with Crippen LogP contribution < -0.4 is 0 Å². The Morgan fingerprint density at radius 3 is 2.42 bits per heavy atom. The third-order valence-corrected chi connectivity index (χ3v) is 4.92. The van der Waals surface area contributed by atoms with Gasteiger partial charge in [-0.2, -0.15) is 4.31 Å². The zero-order valence-corrected chi connectivity index (χ0v) is 12.7. The van der Waals surface area contributed by atoms with E-state index in [0.717, 1.165) is 12.0 Å². The van der Waals surface area contributed by atoms with Crippen molar-refractivity contribution in [3.63, 3.8) is 0 Å². The summed E-state index contributed by atoms with van der Waals surface area (Å²) in [5.74, 6) is -0.0149. The quantitative estimate of drug-likeness (QED) is 0.835. The molecule has 0 fully saturated rings. The van der Waals surface area contributed by atoms with Gasteiger partial charge in [0, 0.05) is 12.6 Å². The zero-order chi connectivity index (χ0) is 14.5. The molecule has 0 spiro atoms. The molecule has 0 amide bonds. The van der Waals surface area contributed by atoms with Crippen molar-refractivity contribution >= 4 is 10.0 Å². The van der Waals surface area contributed by atoms with Gasteiger partial charge >= 0.3 is 0 Å². The van der Waals surface area contributed by atoms with Crippen molar-refractivity contribution in [3.05, 3.63) is 35.4 Å². The molecule has 1 rings (SSSR count). The minimum absolute atomic E-state index is 0.0149. The molecule has 0 aliphatic carbocycles. The number of sulfonamides is 1. The molecule has 0 bridgehead atoms. The molecule has 1 aromatic rings. The van der Waals surface area contributed by atoms with E-state index in [1.807, 2.05) is 20.8 Å². The van der Waals surface area contributed by atoms with Gasteiger partial charge in [0.2, 0.25) is 10.0 Å². The molecule has 1 aromatic carbocycles. The van der Waals surface area contributed by atoms with Crippen LogP contribution in [-0.4, -0.2) is 30.4 Å². The number of nitrogens with zero attached hydrogens (tertiary/aromatic N) is 1. The molecule has 0 aliphatic heterocycles. The first-order valence-electron chi connectivity index (χ1n) is 6.59. The Bertz CT molecular complexity index is 497. The van der Waals surface area contributed by atoms with E-state index in [9.17, 15) is 8.42 Å². The average Bonchev–Trinajstić information content (AvgIpc) is 2.35. The average molecular weight is 285 g/mol. The highest BCUT2D eigenvalue weighted by Gasteiger charge is 2.24. The highest BCUT2D eigenvalue weighted by Crippen LogP contribution is 2.15.